The van der Waals surface area contributed by atoms with Gasteiger partial charge in [-0.2, -0.15) is 0 Å². The number of primary amides is 1. The van der Waals surface area contributed by atoms with E-state index in [2.05, 4.69) is 21.2 Å². The summed E-state index contributed by atoms with van der Waals surface area (Å²) in [5.74, 6) is -0.234. The topological polar surface area (TPSA) is 64.4 Å². The van der Waals surface area contributed by atoms with E-state index < -0.39 is 5.91 Å². The Morgan fingerprint density at radius 2 is 1.95 bits per heavy atom. The number of nitrogens with one attached hydrogen (secondary N) is 1. The van der Waals surface area contributed by atoms with Crippen LogP contribution in [0, 0.1) is 5.82 Å². The molecule has 2 aromatic rings. The number of nitrogens with two attached hydrogens (primary N) is 1. The minimum atomic E-state index is -0.526. The first-order valence-corrected chi connectivity index (χ1v) is 7.03. The molecule has 0 aliphatic carbocycles. The van der Waals surface area contributed by atoms with Crippen LogP contribution >= 0.6 is 15.9 Å². The fraction of sp³-hybridized carbons (Fsp3) is 0.133. The van der Waals surface area contributed by atoms with E-state index in [1.54, 1.807) is 36.4 Å². The molecule has 0 saturated carbocycles. The Balaban J connectivity index is 1.94. The zero-order chi connectivity index (χ0) is 15.2. The Bertz CT molecular complexity index is 632. The van der Waals surface area contributed by atoms with Crippen LogP contribution in [0.2, 0.25) is 0 Å². The molecule has 6 heteroatoms. The summed E-state index contributed by atoms with van der Waals surface area (Å²) in [6, 6.07) is 11.8. The summed E-state index contributed by atoms with van der Waals surface area (Å²) in [5.41, 5.74) is 6.38. The summed E-state index contributed by atoms with van der Waals surface area (Å²) < 4.78 is 19.6. The SMILES string of the molecule is NC(=O)COc1ccc(NCc2cc(Br)ccc2F)cc1. The van der Waals surface area contributed by atoms with Crippen LogP contribution in [-0.4, -0.2) is 12.5 Å². The molecular formula is C15H14BrFN2O2. The second-order valence-electron chi connectivity index (χ2n) is 4.37. The highest BCUT2D eigenvalue weighted by Gasteiger charge is 2.03. The highest BCUT2D eigenvalue weighted by Crippen LogP contribution is 2.19. The van der Waals surface area contributed by atoms with E-state index in [-0.39, 0.29) is 12.4 Å². The van der Waals surface area contributed by atoms with Gasteiger partial charge >= 0.3 is 0 Å². The van der Waals surface area contributed by atoms with Crippen molar-refractivity contribution < 1.29 is 13.9 Å². The lowest BCUT2D eigenvalue weighted by atomic mass is 10.2. The predicted octanol–water partition coefficient (Wildman–Crippen LogP) is 3.06. The molecule has 3 N–H and O–H groups in total. The lowest BCUT2D eigenvalue weighted by molar-refractivity contribution is -0.119. The highest BCUT2D eigenvalue weighted by molar-refractivity contribution is 9.10. The number of anilines is 1. The fourth-order valence-electron chi connectivity index (χ4n) is 1.70. The standard InChI is InChI=1S/C15H14BrFN2O2/c16-11-1-6-14(17)10(7-11)8-19-12-2-4-13(5-3-12)21-9-15(18)20/h1-7,19H,8-9H2,(H2,18,20). The lowest BCUT2D eigenvalue weighted by Crippen LogP contribution is -2.19. The molecule has 0 heterocycles. The van der Waals surface area contributed by atoms with Crippen LogP contribution in [0.15, 0.2) is 46.9 Å². The largest absolute Gasteiger partial charge is 0.484 e. The number of hydrogen-bond acceptors (Lipinski definition) is 3. The molecule has 1 amide bonds. The molecule has 0 aliphatic rings. The number of halogens is 2. The van der Waals surface area contributed by atoms with E-state index in [4.69, 9.17) is 10.5 Å². The Morgan fingerprint density at radius 3 is 2.62 bits per heavy atom. The van der Waals surface area contributed by atoms with E-state index in [1.807, 2.05) is 0 Å². The van der Waals surface area contributed by atoms with Crippen molar-refractivity contribution in [3.8, 4) is 5.75 Å². The van der Waals surface area contributed by atoms with Crippen molar-refractivity contribution in [2.75, 3.05) is 11.9 Å². The molecule has 4 nitrogen and oxygen atoms in total. The summed E-state index contributed by atoms with van der Waals surface area (Å²) in [6.07, 6.45) is 0. The van der Waals surface area contributed by atoms with Crippen LogP contribution in [0.5, 0.6) is 5.75 Å². The minimum absolute atomic E-state index is 0.157. The maximum atomic E-state index is 13.6. The van der Waals surface area contributed by atoms with Crippen molar-refractivity contribution in [1.82, 2.24) is 0 Å². The van der Waals surface area contributed by atoms with Gasteiger partial charge in [0.15, 0.2) is 6.61 Å². The van der Waals surface area contributed by atoms with Gasteiger partial charge in [0, 0.05) is 22.3 Å². The first kappa shape index (κ1) is 15.3. The van der Waals surface area contributed by atoms with Crippen molar-refractivity contribution >= 4 is 27.5 Å². The Morgan fingerprint density at radius 1 is 1.24 bits per heavy atom. The number of carbonyl (C=O) groups is 1. The van der Waals surface area contributed by atoms with Crippen molar-refractivity contribution in [2.24, 2.45) is 5.73 Å². The lowest BCUT2D eigenvalue weighted by Gasteiger charge is -2.09. The molecule has 2 aromatic carbocycles. The predicted molar refractivity (Wildman–Crippen MR) is 82.6 cm³/mol. The molecule has 0 radical (unpaired) electrons. The molecular weight excluding hydrogens is 339 g/mol. The van der Waals surface area contributed by atoms with Crippen molar-refractivity contribution in [3.05, 3.63) is 58.3 Å². The third kappa shape index (κ3) is 4.75. The number of ether oxygens (including phenoxy) is 1. The third-order valence-corrected chi connectivity index (χ3v) is 3.22. The molecule has 0 saturated heterocycles. The van der Waals surface area contributed by atoms with Crippen LogP contribution in [0.25, 0.3) is 0 Å². The first-order chi connectivity index (χ1) is 10.0. The van der Waals surface area contributed by atoms with Gasteiger partial charge in [0.25, 0.3) is 5.91 Å². The van der Waals surface area contributed by atoms with Gasteiger partial charge in [-0.15, -0.1) is 0 Å². The average Bonchev–Trinajstić information content (AvgIpc) is 2.47. The smallest absolute Gasteiger partial charge is 0.255 e. The molecule has 0 atom stereocenters. The quantitative estimate of drug-likeness (QED) is 0.839. The Labute approximate surface area is 130 Å². The minimum Gasteiger partial charge on any atom is -0.484 e. The van der Waals surface area contributed by atoms with Crippen LogP contribution in [0.4, 0.5) is 10.1 Å². The van der Waals surface area contributed by atoms with Crippen LogP contribution in [0.1, 0.15) is 5.56 Å². The van der Waals surface area contributed by atoms with E-state index in [0.717, 1.165) is 10.2 Å². The highest BCUT2D eigenvalue weighted by atomic mass is 79.9. The zero-order valence-electron chi connectivity index (χ0n) is 11.1. The van der Waals surface area contributed by atoms with Crippen molar-refractivity contribution in [1.29, 1.82) is 0 Å². The monoisotopic (exact) mass is 352 g/mol. The van der Waals surface area contributed by atoms with Gasteiger partial charge in [-0.3, -0.25) is 4.79 Å². The van der Waals surface area contributed by atoms with Crippen molar-refractivity contribution in [3.63, 3.8) is 0 Å². The third-order valence-electron chi connectivity index (χ3n) is 2.73. The van der Waals surface area contributed by atoms with Gasteiger partial charge in [-0.05, 0) is 42.5 Å². The van der Waals surface area contributed by atoms with E-state index in [0.29, 0.717) is 17.9 Å². The average molecular weight is 353 g/mol. The number of carbonyl (C=O) groups excluding carboxylic acids is 1. The summed E-state index contributed by atoms with van der Waals surface area (Å²) in [7, 11) is 0. The molecule has 110 valence electrons. The van der Waals surface area contributed by atoms with Gasteiger partial charge in [0.2, 0.25) is 0 Å². The van der Waals surface area contributed by atoms with E-state index >= 15 is 0 Å². The summed E-state index contributed by atoms with van der Waals surface area (Å²) >= 11 is 3.31. The van der Waals surface area contributed by atoms with Gasteiger partial charge < -0.3 is 15.8 Å². The van der Waals surface area contributed by atoms with Gasteiger partial charge in [-0.1, -0.05) is 15.9 Å². The summed E-state index contributed by atoms with van der Waals surface area (Å²) in [5, 5.41) is 3.11. The molecule has 21 heavy (non-hydrogen) atoms. The second kappa shape index (κ2) is 7.08. The molecule has 0 bridgehead atoms. The number of benzene rings is 2. The first-order valence-electron chi connectivity index (χ1n) is 6.23. The zero-order valence-corrected chi connectivity index (χ0v) is 12.7. The molecule has 0 aromatic heterocycles. The number of hydrogen-bond donors (Lipinski definition) is 2. The number of amides is 1. The van der Waals surface area contributed by atoms with Crippen LogP contribution < -0.4 is 15.8 Å². The molecule has 0 unspecified atom stereocenters. The van der Waals surface area contributed by atoms with Crippen LogP contribution in [-0.2, 0) is 11.3 Å². The maximum absolute atomic E-state index is 13.6. The molecule has 0 spiro atoms. The maximum Gasteiger partial charge on any atom is 0.255 e. The van der Waals surface area contributed by atoms with E-state index in [1.165, 1.54) is 6.07 Å². The molecule has 2 rings (SSSR count). The van der Waals surface area contributed by atoms with Gasteiger partial charge in [-0.25, -0.2) is 4.39 Å². The summed E-state index contributed by atoms with van der Waals surface area (Å²) in [6.45, 7) is 0.211. The molecule has 0 aliphatic heterocycles. The molecule has 0 fully saturated rings. The van der Waals surface area contributed by atoms with Crippen LogP contribution in [0.3, 0.4) is 0 Å². The Kier molecular flexibility index (Phi) is 5.16. The van der Waals surface area contributed by atoms with E-state index in [9.17, 15) is 9.18 Å². The van der Waals surface area contributed by atoms with Gasteiger partial charge in [0.1, 0.15) is 11.6 Å². The second-order valence-corrected chi connectivity index (χ2v) is 5.28. The van der Waals surface area contributed by atoms with Crippen molar-refractivity contribution in [2.45, 2.75) is 6.54 Å². The normalized spacial score (nSPS) is 10.2. The Hall–Kier alpha value is -2.08. The summed E-state index contributed by atoms with van der Waals surface area (Å²) in [4.78, 5) is 10.6. The number of rotatable bonds is 6. The van der Waals surface area contributed by atoms with Gasteiger partial charge in [0.05, 0.1) is 0 Å². The fourth-order valence-corrected chi connectivity index (χ4v) is 2.11.